The van der Waals surface area contributed by atoms with E-state index in [9.17, 15) is 0 Å². The van der Waals surface area contributed by atoms with E-state index < -0.39 is 0 Å². The van der Waals surface area contributed by atoms with Crippen LogP contribution in [0.25, 0.3) is 0 Å². The number of hydrogen-bond acceptors (Lipinski definition) is 3. The Morgan fingerprint density at radius 3 is 2.61 bits per heavy atom. The van der Waals surface area contributed by atoms with Gasteiger partial charge in [-0.2, -0.15) is 5.10 Å². The van der Waals surface area contributed by atoms with Crippen molar-refractivity contribution in [3.8, 4) is 5.75 Å². The summed E-state index contributed by atoms with van der Waals surface area (Å²) >= 11 is 0. The third-order valence-electron chi connectivity index (χ3n) is 4.28. The Morgan fingerprint density at radius 1 is 1.04 bits per heavy atom. The first-order valence-corrected chi connectivity index (χ1v) is 9.48. The summed E-state index contributed by atoms with van der Waals surface area (Å²) in [6.07, 6.45) is 3.91. The van der Waals surface area contributed by atoms with Crippen molar-refractivity contribution < 1.29 is 4.74 Å². The average Bonchev–Trinajstić information content (AvgIpc) is 3.18. The van der Waals surface area contributed by atoms with E-state index >= 15 is 0 Å². The van der Waals surface area contributed by atoms with E-state index in [4.69, 9.17) is 4.74 Å². The van der Waals surface area contributed by atoms with Crippen molar-refractivity contribution in [2.45, 2.75) is 26.6 Å². The molecule has 0 unspecified atom stereocenters. The van der Waals surface area contributed by atoms with Gasteiger partial charge in [0, 0.05) is 30.4 Å². The number of rotatable bonds is 8. The second-order valence-electron chi connectivity index (χ2n) is 6.39. The van der Waals surface area contributed by atoms with E-state index in [1.54, 1.807) is 7.11 Å². The van der Waals surface area contributed by atoms with Crippen LogP contribution < -0.4 is 15.4 Å². The summed E-state index contributed by atoms with van der Waals surface area (Å²) in [5, 5.41) is 11.1. The first-order chi connectivity index (χ1) is 13.8. The maximum Gasteiger partial charge on any atom is 0.191 e. The molecule has 2 aromatic carbocycles. The van der Waals surface area contributed by atoms with Crippen LogP contribution in [0, 0.1) is 0 Å². The highest BCUT2D eigenvalue weighted by atomic mass is 16.5. The van der Waals surface area contributed by atoms with Crippen molar-refractivity contribution >= 4 is 5.96 Å². The maximum absolute atomic E-state index is 5.41. The normalized spacial score (nSPS) is 11.3. The molecule has 0 fully saturated rings. The summed E-state index contributed by atoms with van der Waals surface area (Å²) < 4.78 is 7.35. The van der Waals surface area contributed by atoms with Gasteiger partial charge in [-0.1, -0.05) is 48.5 Å². The molecule has 3 aromatic rings. The van der Waals surface area contributed by atoms with Gasteiger partial charge >= 0.3 is 0 Å². The number of aromatic nitrogens is 2. The van der Waals surface area contributed by atoms with Gasteiger partial charge in [-0.3, -0.25) is 4.68 Å². The zero-order chi connectivity index (χ0) is 19.6. The van der Waals surface area contributed by atoms with Gasteiger partial charge in [-0.15, -0.1) is 0 Å². The number of nitrogens with one attached hydrogen (secondary N) is 2. The molecule has 0 aliphatic carbocycles. The van der Waals surface area contributed by atoms with Gasteiger partial charge < -0.3 is 15.4 Å². The Bertz CT molecular complexity index is 889. The minimum Gasteiger partial charge on any atom is -0.496 e. The molecule has 0 saturated heterocycles. The van der Waals surface area contributed by atoms with Crippen LogP contribution in [0.5, 0.6) is 5.75 Å². The molecule has 0 amide bonds. The van der Waals surface area contributed by atoms with E-state index in [-0.39, 0.29) is 0 Å². The predicted molar refractivity (Wildman–Crippen MR) is 112 cm³/mol. The lowest BCUT2D eigenvalue weighted by molar-refractivity contribution is 0.409. The number of methoxy groups -OCH3 is 1. The molecule has 3 rings (SSSR count). The predicted octanol–water partition coefficient (Wildman–Crippen LogP) is 3.20. The lowest BCUT2D eigenvalue weighted by Gasteiger charge is -2.13. The van der Waals surface area contributed by atoms with Crippen molar-refractivity contribution in [2.75, 3.05) is 13.7 Å². The number of para-hydroxylation sites is 1. The quantitative estimate of drug-likeness (QED) is 0.467. The minimum absolute atomic E-state index is 0.566. The molecular weight excluding hydrogens is 350 g/mol. The molecule has 1 heterocycles. The van der Waals surface area contributed by atoms with Crippen molar-refractivity contribution in [2.24, 2.45) is 4.99 Å². The standard InChI is InChI=1S/C22H27N5O/c1-3-23-22(25-15-20-11-7-8-12-21(20)28-2)24-13-19-14-26-27(17-19)16-18-9-5-4-6-10-18/h4-12,14,17H,3,13,15-16H2,1-2H3,(H2,23,24,25). The minimum atomic E-state index is 0.566. The summed E-state index contributed by atoms with van der Waals surface area (Å²) in [4.78, 5) is 4.67. The van der Waals surface area contributed by atoms with Crippen LogP contribution in [-0.2, 0) is 19.6 Å². The molecule has 0 aliphatic heterocycles. The second-order valence-corrected chi connectivity index (χ2v) is 6.39. The number of guanidine groups is 1. The van der Waals surface area contributed by atoms with Gasteiger partial charge in [0.25, 0.3) is 0 Å². The zero-order valence-electron chi connectivity index (χ0n) is 16.4. The van der Waals surface area contributed by atoms with Gasteiger partial charge in [-0.25, -0.2) is 4.99 Å². The summed E-state index contributed by atoms with van der Waals surface area (Å²) in [5.41, 5.74) is 3.39. The van der Waals surface area contributed by atoms with Crippen LogP contribution >= 0.6 is 0 Å². The lowest BCUT2D eigenvalue weighted by atomic mass is 10.2. The van der Waals surface area contributed by atoms with Gasteiger partial charge in [0.1, 0.15) is 5.75 Å². The molecule has 1 aromatic heterocycles. The average molecular weight is 377 g/mol. The van der Waals surface area contributed by atoms with Crippen LogP contribution in [0.4, 0.5) is 0 Å². The van der Waals surface area contributed by atoms with Crippen LogP contribution in [0.3, 0.4) is 0 Å². The van der Waals surface area contributed by atoms with Crippen molar-refractivity contribution in [3.05, 3.63) is 83.7 Å². The fraction of sp³-hybridized carbons (Fsp3) is 0.273. The molecule has 6 heteroatoms. The highest BCUT2D eigenvalue weighted by Gasteiger charge is 2.04. The van der Waals surface area contributed by atoms with Gasteiger partial charge in [0.05, 0.1) is 26.4 Å². The number of aliphatic imine (C=N–C) groups is 1. The number of ether oxygens (including phenoxy) is 1. The van der Waals surface area contributed by atoms with Gasteiger partial charge in [0.15, 0.2) is 5.96 Å². The molecule has 0 atom stereocenters. The topological polar surface area (TPSA) is 63.5 Å². The lowest BCUT2D eigenvalue weighted by Crippen LogP contribution is -2.36. The first-order valence-electron chi connectivity index (χ1n) is 9.48. The molecule has 28 heavy (non-hydrogen) atoms. The van der Waals surface area contributed by atoms with E-state index in [0.717, 1.165) is 35.9 Å². The summed E-state index contributed by atoms with van der Waals surface area (Å²) in [5.74, 6) is 1.64. The molecule has 0 aliphatic rings. The fourth-order valence-corrected chi connectivity index (χ4v) is 2.89. The third-order valence-corrected chi connectivity index (χ3v) is 4.28. The number of benzene rings is 2. The van der Waals surface area contributed by atoms with Crippen LogP contribution in [0.1, 0.15) is 23.6 Å². The van der Waals surface area contributed by atoms with Crippen molar-refractivity contribution in [3.63, 3.8) is 0 Å². The SMILES string of the molecule is CCNC(=NCc1cnn(Cc2ccccc2)c1)NCc1ccccc1OC. The van der Waals surface area contributed by atoms with Crippen molar-refractivity contribution in [1.82, 2.24) is 20.4 Å². The Labute approximate surface area is 166 Å². The summed E-state index contributed by atoms with van der Waals surface area (Å²) in [7, 11) is 1.69. The Morgan fingerprint density at radius 2 is 1.82 bits per heavy atom. The highest BCUT2D eigenvalue weighted by Crippen LogP contribution is 2.16. The fourth-order valence-electron chi connectivity index (χ4n) is 2.89. The largest absolute Gasteiger partial charge is 0.496 e. The van der Waals surface area contributed by atoms with Gasteiger partial charge in [0.2, 0.25) is 0 Å². The Kier molecular flexibility index (Phi) is 7.07. The van der Waals surface area contributed by atoms with Crippen LogP contribution in [0.2, 0.25) is 0 Å². The molecule has 0 saturated carbocycles. The molecule has 2 N–H and O–H groups in total. The molecule has 6 nitrogen and oxygen atoms in total. The summed E-state index contributed by atoms with van der Waals surface area (Å²) in [6.45, 7) is 4.82. The smallest absolute Gasteiger partial charge is 0.191 e. The maximum atomic E-state index is 5.41. The Hall–Kier alpha value is -3.28. The molecule has 0 spiro atoms. The first kappa shape index (κ1) is 19.5. The molecular formula is C22H27N5O. The summed E-state index contributed by atoms with van der Waals surface area (Å²) in [6, 6.07) is 18.3. The third kappa shape index (κ3) is 5.61. The molecule has 0 radical (unpaired) electrons. The van der Waals surface area contributed by atoms with Crippen LogP contribution in [-0.4, -0.2) is 29.4 Å². The van der Waals surface area contributed by atoms with Gasteiger partial charge in [-0.05, 0) is 18.6 Å². The highest BCUT2D eigenvalue weighted by molar-refractivity contribution is 5.79. The zero-order valence-corrected chi connectivity index (χ0v) is 16.4. The molecule has 0 bridgehead atoms. The van der Waals surface area contributed by atoms with E-state index in [0.29, 0.717) is 13.1 Å². The van der Waals surface area contributed by atoms with Crippen molar-refractivity contribution in [1.29, 1.82) is 0 Å². The van der Waals surface area contributed by atoms with Crippen LogP contribution in [0.15, 0.2) is 72.0 Å². The monoisotopic (exact) mass is 377 g/mol. The number of hydrogen-bond donors (Lipinski definition) is 2. The van der Waals surface area contributed by atoms with E-state index in [1.807, 2.05) is 59.5 Å². The Balaban J connectivity index is 1.60. The van der Waals surface area contributed by atoms with E-state index in [1.165, 1.54) is 5.56 Å². The molecule has 146 valence electrons. The second kappa shape index (κ2) is 10.2. The van der Waals surface area contributed by atoms with E-state index in [2.05, 4.69) is 39.8 Å². The number of nitrogens with zero attached hydrogens (tertiary/aromatic N) is 3.